The highest BCUT2D eigenvalue weighted by atomic mass is 35.5. The molecule has 2 amide bonds. The fourth-order valence-electron chi connectivity index (χ4n) is 5.05. The maximum atomic E-state index is 12.9. The molecule has 0 radical (unpaired) electrons. The Morgan fingerprint density at radius 3 is 2.59 bits per heavy atom. The summed E-state index contributed by atoms with van der Waals surface area (Å²) in [5.41, 5.74) is 3.30. The zero-order valence-electron chi connectivity index (χ0n) is 22.9. The minimum Gasteiger partial charge on any atom is -0.489 e. The minimum absolute atomic E-state index is 0.0223. The van der Waals surface area contributed by atoms with Crippen molar-refractivity contribution in [2.24, 2.45) is 13.0 Å². The molecule has 1 saturated heterocycles. The monoisotopic (exact) mass is 552 g/mol. The molecule has 2 aromatic carbocycles. The molecule has 208 valence electrons. The number of hydrogen-bond donors (Lipinski definition) is 3. The predicted molar refractivity (Wildman–Crippen MR) is 152 cm³/mol. The third-order valence-corrected chi connectivity index (χ3v) is 7.41. The lowest BCUT2D eigenvalue weighted by molar-refractivity contribution is -0.122. The van der Waals surface area contributed by atoms with Crippen LogP contribution in [-0.4, -0.2) is 51.8 Å². The van der Waals surface area contributed by atoms with Crippen molar-refractivity contribution in [3.05, 3.63) is 70.6 Å². The Morgan fingerprint density at radius 2 is 1.97 bits per heavy atom. The number of aromatic nitrogens is 2. The van der Waals surface area contributed by atoms with Gasteiger partial charge < -0.3 is 25.0 Å². The Hall–Kier alpha value is -3.36. The first kappa shape index (κ1) is 28.6. The van der Waals surface area contributed by atoms with Crippen LogP contribution < -0.4 is 15.4 Å². The Balaban J connectivity index is 1.42. The lowest BCUT2D eigenvalue weighted by atomic mass is 9.92. The number of rotatable bonds is 11. The lowest BCUT2D eigenvalue weighted by Crippen LogP contribution is -2.37. The van der Waals surface area contributed by atoms with E-state index in [1.165, 1.54) is 0 Å². The largest absolute Gasteiger partial charge is 0.489 e. The molecule has 3 aromatic rings. The standard InChI is InChI=1S/C30H37ClN4O4/c1-18(2)39-27-10-9-22(16-25(27)31)29(37)33-23(12-14-36)15-20-5-7-21(8-6-20)26-17-35(4)28(34-26)19(3)24-11-13-32-30(24)38/h5-10,16-19,23-24,36H,11-15H2,1-4H3,(H,32,38)(H,33,37)/t19-,23?,24+/m0/s1. The van der Waals surface area contributed by atoms with Crippen molar-refractivity contribution < 1.29 is 19.4 Å². The molecular formula is C30H37ClN4O4. The van der Waals surface area contributed by atoms with Gasteiger partial charge in [-0.3, -0.25) is 9.59 Å². The lowest BCUT2D eigenvalue weighted by Gasteiger charge is -2.19. The van der Waals surface area contributed by atoms with Crippen LogP contribution in [0, 0.1) is 5.92 Å². The number of aryl methyl sites for hydroxylation is 1. The Morgan fingerprint density at radius 1 is 1.23 bits per heavy atom. The smallest absolute Gasteiger partial charge is 0.251 e. The second-order valence-electron chi connectivity index (χ2n) is 10.5. The van der Waals surface area contributed by atoms with E-state index >= 15 is 0 Å². The molecule has 8 nitrogen and oxygen atoms in total. The van der Waals surface area contributed by atoms with Gasteiger partial charge in [0, 0.05) is 55.4 Å². The first-order valence-corrected chi connectivity index (χ1v) is 13.8. The molecule has 1 unspecified atom stereocenters. The summed E-state index contributed by atoms with van der Waals surface area (Å²) in [7, 11) is 1.96. The van der Waals surface area contributed by atoms with Crippen molar-refractivity contribution in [2.45, 2.75) is 58.1 Å². The Kier molecular flexibility index (Phi) is 9.30. The van der Waals surface area contributed by atoms with E-state index in [1.807, 2.05) is 55.9 Å². The summed E-state index contributed by atoms with van der Waals surface area (Å²) < 4.78 is 7.65. The van der Waals surface area contributed by atoms with Crippen molar-refractivity contribution >= 4 is 23.4 Å². The van der Waals surface area contributed by atoms with Gasteiger partial charge in [-0.05, 0) is 56.9 Å². The first-order valence-electron chi connectivity index (χ1n) is 13.4. The summed E-state index contributed by atoms with van der Waals surface area (Å²) in [5, 5.41) is 15.9. The third-order valence-electron chi connectivity index (χ3n) is 7.12. The zero-order valence-corrected chi connectivity index (χ0v) is 23.7. The van der Waals surface area contributed by atoms with Crippen molar-refractivity contribution in [2.75, 3.05) is 13.2 Å². The molecule has 9 heteroatoms. The quantitative estimate of drug-likeness (QED) is 0.325. The summed E-state index contributed by atoms with van der Waals surface area (Å²) in [5.74, 6) is 1.25. The fraction of sp³-hybridized carbons (Fsp3) is 0.433. The van der Waals surface area contributed by atoms with E-state index in [1.54, 1.807) is 18.2 Å². The number of ether oxygens (including phenoxy) is 1. The molecule has 0 bridgehead atoms. The van der Waals surface area contributed by atoms with E-state index in [0.29, 0.717) is 29.2 Å². The average Bonchev–Trinajstić information content (AvgIpc) is 3.50. The molecule has 0 spiro atoms. The average molecular weight is 553 g/mol. The van der Waals surface area contributed by atoms with Gasteiger partial charge in [0.2, 0.25) is 5.91 Å². The Bertz CT molecular complexity index is 1300. The number of amides is 2. The van der Waals surface area contributed by atoms with E-state index in [-0.39, 0.29) is 42.4 Å². The van der Waals surface area contributed by atoms with Crippen molar-refractivity contribution in [3.8, 4) is 17.0 Å². The van der Waals surface area contributed by atoms with Crippen LogP contribution in [-0.2, 0) is 18.3 Å². The number of benzene rings is 2. The van der Waals surface area contributed by atoms with Crippen LogP contribution >= 0.6 is 11.6 Å². The summed E-state index contributed by atoms with van der Waals surface area (Å²) >= 11 is 6.31. The second-order valence-corrected chi connectivity index (χ2v) is 10.9. The highest BCUT2D eigenvalue weighted by Gasteiger charge is 2.32. The van der Waals surface area contributed by atoms with Crippen LogP contribution in [0.25, 0.3) is 11.3 Å². The SMILES string of the molecule is CC(C)Oc1ccc(C(=O)NC(CCO)Cc2ccc(-c3cn(C)c([C@@H](C)[C@H]4CCNC4=O)n3)cc2)cc1Cl. The van der Waals surface area contributed by atoms with Crippen molar-refractivity contribution in [1.29, 1.82) is 0 Å². The van der Waals surface area contributed by atoms with E-state index in [2.05, 4.69) is 17.6 Å². The molecule has 0 saturated carbocycles. The highest BCUT2D eigenvalue weighted by Crippen LogP contribution is 2.31. The maximum absolute atomic E-state index is 12.9. The zero-order chi connectivity index (χ0) is 28.1. The molecule has 2 heterocycles. The van der Waals surface area contributed by atoms with Gasteiger partial charge in [0.1, 0.15) is 11.6 Å². The van der Waals surface area contributed by atoms with E-state index in [9.17, 15) is 14.7 Å². The molecule has 4 rings (SSSR count). The van der Waals surface area contributed by atoms with Crippen LogP contribution in [0.15, 0.2) is 48.7 Å². The first-order chi connectivity index (χ1) is 18.7. The fourth-order valence-corrected chi connectivity index (χ4v) is 5.28. The molecule has 3 N–H and O–H groups in total. The topological polar surface area (TPSA) is 105 Å². The normalized spacial score (nSPS) is 16.7. The molecule has 1 fully saturated rings. The summed E-state index contributed by atoms with van der Waals surface area (Å²) in [6.45, 7) is 6.56. The number of aliphatic hydroxyl groups excluding tert-OH is 1. The Labute approximate surface area is 234 Å². The van der Waals surface area contributed by atoms with Gasteiger partial charge in [-0.25, -0.2) is 4.98 Å². The van der Waals surface area contributed by atoms with Crippen LogP contribution in [0.1, 0.15) is 61.3 Å². The number of imidazole rings is 1. The maximum Gasteiger partial charge on any atom is 0.251 e. The van der Waals surface area contributed by atoms with Gasteiger partial charge in [-0.2, -0.15) is 0 Å². The number of hydrogen-bond acceptors (Lipinski definition) is 5. The van der Waals surface area contributed by atoms with E-state index < -0.39 is 0 Å². The van der Waals surface area contributed by atoms with Gasteiger partial charge in [0.05, 0.1) is 16.8 Å². The number of nitrogens with zero attached hydrogens (tertiary/aromatic N) is 2. The molecule has 39 heavy (non-hydrogen) atoms. The van der Waals surface area contributed by atoms with Gasteiger partial charge >= 0.3 is 0 Å². The number of aliphatic hydroxyl groups is 1. The highest BCUT2D eigenvalue weighted by molar-refractivity contribution is 6.32. The van der Waals surface area contributed by atoms with E-state index in [4.69, 9.17) is 21.3 Å². The van der Waals surface area contributed by atoms with Crippen LogP contribution in [0.2, 0.25) is 5.02 Å². The second kappa shape index (κ2) is 12.7. The van der Waals surface area contributed by atoms with Gasteiger partial charge in [-0.15, -0.1) is 0 Å². The molecule has 1 aliphatic heterocycles. The minimum atomic E-state index is -0.255. The van der Waals surface area contributed by atoms with E-state index in [0.717, 1.165) is 35.6 Å². The molecule has 3 atom stereocenters. The summed E-state index contributed by atoms with van der Waals surface area (Å²) in [4.78, 5) is 29.9. The van der Waals surface area contributed by atoms with Crippen molar-refractivity contribution in [1.82, 2.24) is 20.2 Å². The number of carbonyl (C=O) groups is 2. The summed E-state index contributed by atoms with van der Waals surface area (Å²) in [6.07, 6.45) is 3.78. The number of carbonyl (C=O) groups excluding carboxylic acids is 2. The van der Waals surface area contributed by atoms with Gasteiger partial charge in [0.15, 0.2) is 0 Å². The van der Waals surface area contributed by atoms with Gasteiger partial charge in [0.25, 0.3) is 5.91 Å². The van der Waals surface area contributed by atoms with Crippen LogP contribution in [0.3, 0.4) is 0 Å². The predicted octanol–water partition coefficient (Wildman–Crippen LogP) is 4.49. The molecule has 0 aliphatic carbocycles. The van der Waals surface area contributed by atoms with Gasteiger partial charge in [-0.1, -0.05) is 42.8 Å². The third kappa shape index (κ3) is 6.99. The van der Waals surface area contributed by atoms with Crippen molar-refractivity contribution in [3.63, 3.8) is 0 Å². The number of nitrogens with one attached hydrogen (secondary N) is 2. The number of halogens is 1. The summed E-state index contributed by atoms with van der Waals surface area (Å²) in [6, 6.07) is 12.8. The van der Waals surface area contributed by atoms with Crippen LogP contribution in [0.4, 0.5) is 0 Å². The van der Waals surface area contributed by atoms with Crippen LogP contribution in [0.5, 0.6) is 5.75 Å². The molecule has 1 aliphatic rings. The molecule has 1 aromatic heterocycles. The molecular weight excluding hydrogens is 516 g/mol.